The molecule has 0 spiro atoms. The molecular weight excluding hydrogens is 262 g/mol. The van der Waals surface area contributed by atoms with Gasteiger partial charge in [-0.3, -0.25) is 4.21 Å². The minimum absolute atomic E-state index is 0.726. The van der Waals surface area contributed by atoms with Gasteiger partial charge in [0.1, 0.15) is 0 Å². The summed E-state index contributed by atoms with van der Waals surface area (Å²) in [5.74, 6) is 0.726. The Bertz CT molecular complexity index is 401. The third-order valence-corrected chi connectivity index (χ3v) is 4.57. The van der Waals surface area contributed by atoms with Crippen molar-refractivity contribution >= 4 is 28.0 Å². The quantitative estimate of drug-likeness (QED) is 0.615. The lowest BCUT2D eigenvalue weighted by Crippen LogP contribution is -2.21. The second-order valence-corrected chi connectivity index (χ2v) is 6.34. The van der Waals surface area contributed by atoms with Gasteiger partial charge in [0.25, 0.3) is 0 Å². The Morgan fingerprint density at radius 1 is 1.28 bits per heavy atom. The fourth-order valence-corrected chi connectivity index (χ4v) is 2.76. The summed E-state index contributed by atoms with van der Waals surface area (Å²) in [7, 11) is -0.868. The first kappa shape index (κ1) is 15.3. The summed E-state index contributed by atoms with van der Waals surface area (Å²) in [6.07, 6.45) is 2.86. The van der Waals surface area contributed by atoms with Gasteiger partial charge in [0.2, 0.25) is 0 Å². The number of aryl methyl sites for hydroxylation is 1. The van der Waals surface area contributed by atoms with Crippen molar-refractivity contribution in [1.82, 2.24) is 5.32 Å². The molecule has 1 N–H and O–H groups in total. The highest BCUT2D eigenvalue weighted by Crippen LogP contribution is 2.09. The topological polar surface area (TPSA) is 29.1 Å². The summed E-state index contributed by atoms with van der Waals surface area (Å²) in [5, 5.41) is 3.19. The van der Waals surface area contributed by atoms with Crippen molar-refractivity contribution < 1.29 is 4.21 Å². The van der Waals surface area contributed by atoms with Gasteiger partial charge in [0.05, 0.1) is 15.8 Å². The average Bonchev–Trinajstić information content (AvgIpc) is 2.38. The number of hydrogen-bond donors (Lipinski definition) is 1. The number of nitrogens with one attached hydrogen (secondary N) is 1. The lowest BCUT2D eigenvalue weighted by atomic mass is 10.2. The molecule has 0 bridgehead atoms. The van der Waals surface area contributed by atoms with Crippen molar-refractivity contribution in [3.63, 3.8) is 0 Å². The van der Waals surface area contributed by atoms with Gasteiger partial charge in [0.15, 0.2) is 0 Å². The van der Waals surface area contributed by atoms with Crippen LogP contribution < -0.4 is 5.32 Å². The van der Waals surface area contributed by atoms with Crippen LogP contribution in [-0.4, -0.2) is 21.5 Å². The van der Waals surface area contributed by atoms with Crippen LogP contribution in [-0.2, 0) is 10.8 Å². The minimum Gasteiger partial charge on any atom is -0.380 e. The molecule has 1 unspecified atom stereocenters. The molecule has 0 radical (unpaired) electrons. The van der Waals surface area contributed by atoms with Crippen LogP contribution in [0.25, 0.3) is 0 Å². The fourth-order valence-electron chi connectivity index (χ4n) is 1.52. The first-order valence-electron chi connectivity index (χ1n) is 6.35. The van der Waals surface area contributed by atoms with Crippen molar-refractivity contribution in [1.29, 1.82) is 0 Å². The average molecular weight is 283 g/mol. The molecule has 100 valence electrons. The van der Waals surface area contributed by atoms with E-state index in [2.05, 4.69) is 5.32 Å². The Hall–Kier alpha value is -0.740. The zero-order valence-electron chi connectivity index (χ0n) is 11.1. The van der Waals surface area contributed by atoms with Crippen molar-refractivity contribution in [2.75, 3.05) is 12.3 Å². The van der Waals surface area contributed by atoms with Gasteiger partial charge < -0.3 is 5.32 Å². The highest BCUT2D eigenvalue weighted by Gasteiger charge is 2.02. The molecule has 1 rings (SSSR count). The standard InChI is InChI=1S/C14H21NOS2/c1-3-14(17)15-10-4-5-11-18(16)13-8-6-12(2)7-9-13/h6-9H,3-5,10-11H2,1-2H3,(H,15,17). The second-order valence-electron chi connectivity index (χ2n) is 4.27. The predicted molar refractivity (Wildman–Crippen MR) is 82.6 cm³/mol. The van der Waals surface area contributed by atoms with Gasteiger partial charge in [0, 0.05) is 17.2 Å². The molecule has 0 aliphatic carbocycles. The van der Waals surface area contributed by atoms with Gasteiger partial charge in [-0.05, 0) is 38.3 Å². The molecule has 1 atom stereocenters. The predicted octanol–water partition coefficient (Wildman–Crippen LogP) is 3.21. The zero-order valence-corrected chi connectivity index (χ0v) is 12.7. The van der Waals surface area contributed by atoms with E-state index in [-0.39, 0.29) is 0 Å². The van der Waals surface area contributed by atoms with Gasteiger partial charge in [-0.2, -0.15) is 0 Å². The van der Waals surface area contributed by atoms with Crippen LogP contribution in [0.4, 0.5) is 0 Å². The van der Waals surface area contributed by atoms with Gasteiger partial charge in [-0.1, -0.05) is 36.8 Å². The smallest absolute Gasteiger partial charge is 0.0750 e. The second kappa shape index (κ2) is 8.38. The van der Waals surface area contributed by atoms with E-state index in [0.29, 0.717) is 0 Å². The molecule has 0 saturated carbocycles. The third kappa shape index (κ3) is 5.74. The third-order valence-electron chi connectivity index (χ3n) is 2.68. The van der Waals surface area contributed by atoms with E-state index in [9.17, 15) is 4.21 Å². The summed E-state index contributed by atoms with van der Waals surface area (Å²) >= 11 is 5.07. The van der Waals surface area contributed by atoms with Crippen molar-refractivity contribution in [2.45, 2.75) is 38.0 Å². The van der Waals surface area contributed by atoms with Crippen molar-refractivity contribution in [3.8, 4) is 0 Å². The molecule has 0 aliphatic rings. The molecule has 4 heteroatoms. The maximum Gasteiger partial charge on any atom is 0.0750 e. The lowest BCUT2D eigenvalue weighted by Gasteiger charge is -2.06. The number of thiocarbonyl (C=S) groups is 1. The molecule has 2 nitrogen and oxygen atoms in total. The van der Waals surface area contributed by atoms with Crippen molar-refractivity contribution in [2.24, 2.45) is 0 Å². The monoisotopic (exact) mass is 283 g/mol. The summed E-state index contributed by atoms with van der Waals surface area (Å²) < 4.78 is 12.0. The van der Waals surface area contributed by atoms with Crippen molar-refractivity contribution in [3.05, 3.63) is 29.8 Å². The minimum atomic E-state index is -0.868. The van der Waals surface area contributed by atoms with E-state index < -0.39 is 10.8 Å². The fraction of sp³-hybridized carbons (Fsp3) is 0.500. The largest absolute Gasteiger partial charge is 0.380 e. The summed E-state index contributed by atoms with van der Waals surface area (Å²) in [6.45, 7) is 4.97. The zero-order chi connectivity index (χ0) is 13.4. The summed E-state index contributed by atoms with van der Waals surface area (Å²) in [5.41, 5.74) is 1.20. The van der Waals surface area contributed by atoms with E-state index >= 15 is 0 Å². The Morgan fingerprint density at radius 3 is 2.56 bits per heavy atom. The Morgan fingerprint density at radius 2 is 1.94 bits per heavy atom. The van der Waals surface area contributed by atoms with Crippen LogP contribution in [0.2, 0.25) is 0 Å². The SMILES string of the molecule is CCC(=S)NCCCCS(=O)c1ccc(C)cc1. The first-order valence-corrected chi connectivity index (χ1v) is 8.08. The highest BCUT2D eigenvalue weighted by atomic mass is 32.2. The Balaban J connectivity index is 2.21. The number of unbranched alkanes of at least 4 members (excludes halogenated alkanes) is 1. The normalized spacial score (nSPS) is 12.1. The maximum atomic E-state index is 12.0. The van der Waals surface area contributed by atoms with Gasteiger partial charge in [-0.15, -0.1) is 0 Å². The lowest BCUT2D eigenvalue weighted by molar-refractivity contribution is 0.676. The maximum absolute atomic E-state index is 12.0. The number of rotatable bonds is 7. The Kier molecular flexibility index (Phi) is 7.13. The van der Waals surface area contributed by atoms with Gasteiger partial charge >= 0.3 is 0 Å². The molecule has 0 aliphatic heterocycles. The number of hydrogen-bond acceptors (Lipinski definition) is 2. The van der Waals surface area contributed by atoms with E-state index in [4.69, 9.17) is 12.2 Å². The molecule has 0 aromatic heterocycles. The molecule has 0 heterocycles. The highest BCUT2D eigenvalue weighted by molar-refractivity contribution is 7.85. The molecular formula is C14H21NOS2. The summed E-state index contributed by atoms with van der Waals surface area (Å²) in [6, 6.07) is 7.93. The molecule has 18 heavy (non-hydrogen) atoms. The van der Waals surface area contributed by atoms with E-state index in [1.807, 2.05) is 38.1 Å². The van der Waals surface area contributed by atoms with E-state index in [0.717, 1.165) is 41.4 Å². The number of benzene rings is 1. The Labute approximate surface area is 118 Å². The van der Waals surface area contributed by atoms with Crippen LogP contribution in [0.15, 0.2) is 29.2 Å². The molecule has 0 amide bonds. The molecule has 0 saturated heterocycles. The van der Waals surface area contributed by atoms with Crippen LogP contribution in [0.3, 0.4) is 0 Å². The van der Waals surface area contributed by atoms with Crippen LogP contribution >= 0.6 is 12.2 Å². The first-order chi connectivity index (χ1) is 8.63. The van der Waals surface area contributed by atoms with Crippen LogP contribution in [0, 0.1) is 6.92 Å². The summed E-state index contributed by atoms with van der Waals surface area (Å²) in [4.78, 5) is 1.84. The van der Waals surface area contributed by atoms with E-state index in [1.54, 1.807) is 0 Å². The molecule has 1 aromatic rings. The van der Waals surface area contributed by atoms with Crippen LogP contribution in [0.1, 0.15) is 31.7 Å². The van der Waals surface area contributed by atoms with E-state index in [1.165, 1.54) is 5.56 Å². The van der Waals surface area contributed by atoms with Gasteiger partial charge in [-0.25, -0.2) is 0 Å². The van der Waals surface area contributed by atoms with Crippen LogP contribution in [0.5, 0.6) is 0 Å². The molecule has 1 aromatic carbocycles. The molecule has 0 fully saturated rings.